The standard InChI is InChI=1S/C18H22FN/c1-12-9-14(3)17(10-13(12)2)18(4,20)11-15-5-7-16(19)8-6-15/h5-10H,11,20H2,1-4H3. The fourth-order valence-corrected chi connectivity index (χ4v) is 2.70. The highest BCUT2D eigenvalue weighted by molar-refractivity contribution is 5.41. The van der Waals surface area contributed by atoms with Crippen LogP contribution in [0, 0.1) is 26.6 Å². The van der Waals surface area contributed by atoms with Gasteiger partial charge in [-0.25, -0.2) is 4.39 Å². The van der Waals surface area contributed by atoms with Crippen molar-refractivity contribution < 1.29 is 4.39 Å². The minimum absolute atomic E-state index is 0.213. The van der Waals surface area contributed by atoms with Crippen LogP contribution in [0.2, 0.25) is 0 Å². The van der Waals surface area contributed by atoms with Gasteiger partial charge in [0, 0.05) is 5.54 Å². The van der Waals surface area contributed by atoms with Gasteiger partial charge in [-0.15, -0.1) is 0 Å². The summed E-state index contributed by atoms with van der Waals surface area (Å²) in [5.41, 5.74) is 12.0. The number of nitrogens with two attached hydrogens (primary N) is 1. The molecule has 0 saturated carbocycles. The molecule has 0 aliphatic carbocycles. The van der Waals surface area contributed by atoms with Crippen molar-refractivity contribution in [2.75, 3.05) is 0 Å². The zero-order valence-electron chi connectivity index (χ0n) is 12.6. The third-order valence-electron chi connectivity index (χ3n) is 3.94. The Morgan fingerprint density at radius 1 is 0.950 bits per heavy atom. The number of rotatable bonds is 3. The predicted octanol–water partition coefficient (Wildman–Crippen LogP) is 4.17. The first-order chi connectivity index (χ1) is 9.29. The van der Waals surface area contributed by atoms with Gasteiger partial charge in [-0.2, -0.15) is 0 Å². The molecule has 0 heterocycles. The van der Waals surface area contributed by atoms with Crippen LogP contribution in [0.3, 0.4) is 0 Å². The van der Waals surface area contributed by atoms with E-state index < -0.39 is 5.54 Å². The molecule has 0 saturated heterocycles. The number of benzene rings is 2. The molecule has 2 aromatic carbocycles. The van der Waals surface area contributed by atoms with Gasteiger partial charge in [-0.1, -0.05) is 24.3 Å². The first kappa shape index (κ1) is 14.7. The van der Waals surface area contributed by atoms with Crippen LogP contribution in [0.1, 0.15) is 34.7 Å². The van der Waals surface area contributed by atoms with Gasteiger partial charge in [0.15, 0.2) is 0 Å². The van der Waals surface area contributed by atoms with Crippen molar-refractivity contribution in [2.24, 2.45) is 5.73 Å². The van der Waals surface area contributed by atoms with Crippen molar-refractivity contribution >= 4 is 0 Å². The molecule has 0 fully saturated rings. The lowest BCUT2D eigenvalue weighted by Gasteiger charge is -2.28. The van der Waals surface area contributed by atoms with E-state index >= 15 is 0 Å². The van der Waals surface area contributed by atoms with Gasteiger partial charge >= 0.3 is 0 Å². The van der Waals surface area contributed by atoms with Gasteiger partial charge in [-0.3, -0.25) is 0 Å². The van der Waals surface area contributed by atoms with E-state index in [0.29, 0.717) is 6.42 Å². The van der Waals surface area contributed by atoms with Crippen LogP contribution in [0.4, 0.5) is 4.39 Å². The Hall–Kier alpha value is -1.67. The summed E-state index contributed by atoms with van der Waals surface area (Å²) in [6.07, 6.45) is 0.691. The summed E-state index contributed by atoms with van der Waals surface area (Å²) in [4.78, 5) is 0. The highest BCUT2D eigenvalue weighted by Crippen LogP contribution is 2.28. The second kappa shape index (κ2) is 5.37. The average Bonchev–Trinajstić information content (AvgIpc) is 2.36. The van der Waals surface area contributed by atoms with Crippen molar-refractivity contribution in [3.63, 3.8) is 0 Å². The lowest BCUT2D eigenvalue weighted by atomic mass is 9.82. The minimum atomic E-state index is -0.458. The molecule has 0 radical (unpaired) electrons. The maximum atomic E-state index is 13.0. The molecule has 2 rings (SSSR count). The molecule has 1 nitrogen and oxygen atoms in total. The molecule has 1 unspecified atom stereocenters. The minimum Gasteiger partial charge on any atom is -0.321 e. The SMILES string of the molecule is Cc1cc(C)c(C(C)(N)Cc2ccc(F)cc2)cc1C. The van der Waals surface area contributed by atoms with Gasteiger partial charge in [0.2, 0.25) is 0 Å². The molecule has 0 spiro atoms. The molecule has 20 heavy (non-hydrogen) atoms. The molecule has 0 aliphatic rings. The van der Waals surface area contributed by atoms with Crippen molar-refractivity contribution in [2.45, 2.75) is 39.7 Å². The number of hydrogen-bond donors (Lipinski definition) is 1. The Morgan fingerprint density at radius 3 is 2.10 bits per heavy atom. The number of aryl methyl sites for hydroxylation is 3. The third kappa shape index (κ3) is 3.07. The molecular weight excluding hydrogens is 249 g/mol. The zero-order chi connectivity index (χ0) is 14.9. The van der Waals surface area contributed by atoms with Gasteiger partial charge in [0.25, 0.3) is 0 Å². The van der Waals surface area contributed by atoms with Crippen LogP contribution in [0.5, 0.6) is 0 Å². The summed E-state index contributed by atoms with van der Waals surface area (Å²) in [6, 6.07) is 10.9. The summed E-state index contributed by atoms with van der Waals surface area (Å²) in [5.74, 6) is -0.213. The molecule has 0 amide bonds. The first-order valence-electron chi connectivity index (χ1n) is 6.91. The van der Waals surface area contributed by atoms with Gasteiger partial charge in [0.1, 0.15) is 5.82 Å². The maximum absolute atomic E-state index is 13.0. The summed E-state index contributed by atoms with van der Waals surface area (Å²) < 4.78 is 13.0. The summed E-state index contributed by atoms with van der Waals surface area (Å²) >= 11 is 0. The lowest BCUT2D eigenvalue weighted by Crippen LogP contribution is -2.36. The first-order valence-corrected chi connectivity index (χ1v) is 6.91. The molecule has 0 aliphatic heterocycles. The van der Waals surface area contributed by atoms with Crippen molar-refractivity contribution in [1.82, 2.24) is 0 Å². The fraction of sp³-hybridized carbons (Fsp3) is 0.333. The van der Waals surface area contributed by atoms with E-state index in [1.54, 1.807) is 12.1 Å². The molecule has 2 heteroatoms. The average molecular weight is 271 g/mol. The van der Waals surface area contributed by atoms with E-state index in [1.165, 1.54) is 28.8 Å². The summed E-state index contributed by atoms with van der Waals surface area (Å²) in [5, 5.41) is 0. The van der Waals surface area contributed by atoms with Crippen molar-refractivity contribution in [3.05, 3.63) is 70.0 Å². The smallest absolute Gasteiger partial charge is 0.123 e. The quantitative estimate of drug-likeness (QED) is 0.891. The van der Waals surface area contributed by atoms with Crippen LogP contribution in [0.15, 0.2) is 36.4 Å². The third-order valence-corrected chi connectivity index (χ3v) is 3.94. The molecule has 106 valence electrons. The largest absolute Gasteiger partial charge is 0.321 e. The predicted molar refractivity (Wildman–Crippen MR) is 82.3 cm³/mol. The van der Waals surface area contributed by atoms with Crippen molar-refractivity contribution in [1.29, 1.82) is 0 Å². The Morgan fingerprint density at radius 2 is 1.50 bits per heavy atom. The topological polar surface area (TPSA) is 26.0 Å². The Bertz CT molecular complexity index is 612. The lowest BCUT2D eigenvalue weighted by molar-refractivity contribution is 0.487. The summed E-state index contributed by atoms with van der Waals surface area (Å²) in [7, 11) is 0. The van der Waals surface area contributed by atoms with E-state index in [1.807, 2.05) is 6.92 Å². The Balaban J connectivity index is 2.34. The Labute approximate surface area is 120 Å². The van der Waals surface area contributed by atoms with Gasteiger partial charge < -0.3 is 5.73 Å². The highest BCUT2D eigenvalue weighted by atomic mass is 19.1. The van der Waals surface area contributed by atoms with Gasteiger partial charge in [0.05, 0.1) is 0 Å². The molecule has 1 atom stereocenters. The van der Waals surface area contributed by atoms with Crippen LogP contribution in [0.25, 0.3) is 0 Å². The van der Waals surface area contributed by atoms with E-state index in [9.17, 15) is 4.39 Å². The number of hydrogen-bond acceptors (Lipinski definition) is 1. The molecular formula is C18H22FN. The van der Waals surface area contributed by atoms with Crippen LogP contribution in [-0.2, 0) is 12.0 Å². The fourth-order valence-electron chi connectivity index (χ4n) is 2.70. The molecule has 0 bridgehead atoms. The highest BCUT2D eigenvalue weighted by Gasteiger charge is 2.24. The molecule has 2 N–H and O–H groups in total. The monoisotopic (exact) mass is 271 g/mol. The maximum Gasteiger partial charge on any atom is 0.123 e. The molecule has 0 aromatic heterocycles. The van der Waals surface area contributed by atoms with Crippen LogP contribution in [-0.4, -0.2) is 0 Å². The van der Waals surface area contributed by atoms with E-state index in [-0.39, 0.29) is 5.82 Å². The summed E-state index contributed by atoms with van der Waals surface area (Å²) in [6.45, 7) is 8.34. The Kier molecular flexibility index (Phi) is 3.96. The second-order valence-electron chi connectivity index (χ2n) is 5.97. The van der Waals surface area contributed by atoms with Crippen LogP contribution < -0.4 is 5.73 Å². The molecule has 2 aromatic rings. The van der Waals surface area contributed by atoms with Gasteiger partial charge in [-0.05, 0) is 74.1 Å². The van der Waals surface area contributed by atoms with E-state index in [0.717, 1.165) is 11.1 Å². The zero-order valence-corrected chi connectivity index (χ0v) is 12.6. The van der Waals surface area contributed by atoms with E-state index in [4.69, 9.17) is 5.73 Å². The van der Waals surface area contributed by atoms with Crippen molar-refractivity contribution in [3.8, 4) is 0 Å². The van der Waals surface area contributed by atoms with Crippen LogP contribution >= 0.6 is 0 Å². The second-order valence-corrected chi connectivity index (χ2v) is 5.97. The number of halogens is 1. The normalized spacial score (nSPS) is 14.1. The van der Waals surface area contributed by atoms with E-state index in [2.05, 4.69) is 32.9 Å².